The summed E-state index contributed by atoms with van der Waals surface area (Å²) in [7, 11) is 1.56. The van der Waals surface area contributed by atoms with Crippen molar-refractivity contribution in [3.63, 3.8) is 0 Å². The SMILES string of the molecule is COc1ccsc1C(=O)NC(C)CC(C)Cl. The minimum Gasteiger partial charge on any atom is -0.495 e. The van der Waals surface area contributed by atoms with E-state index in [2.05, 4.69) is 5.32 Å². The molecule has 0 spiro atoms. The van der Waals surface area contributed by atoms with E-state index in [4.69, 9.17) is 16.3 Å². The molecule has 1 amide bonds. The second-order valence-electron chi connectivity index (χ2n) is 3.71. The highest BCUT2D eigenvalue weighted by Crippen LogP contribution is 2.24. The van der Waals surface area contributed by atoms with Crippen molar-refractivity contribution in [2.45, 2.75) is 31.7 Å². The molecule has 0 saturated carbocycles. The van der Waals surface area contributed by atoms with Gasteiger partial charge in [0.1, 0.15) is 10.6 Å². The van der Waals surface area contributed by atoms with Gasteiger partial charge in [-0.2, -0.15) is 0 Å². The third-order valence-corrected chi connectivity index (χ3v) is 3.18. The largest absolute Gasteiger partial charge is 0.495 e. The number of thiophene rings is 1. The fourth-order valence-corrected chi connectivity index (χ4v) is 2.49. The molecule has 0 aliphatic rings. The van der Waals surface area contributed by atoms with Crippen LogP contribution in [0.4, 0.5) is 0 Å². The molecule has 2 unspecified atom stereocenters. The van der Waals surface area contributed by atoms with Gasteiger partial charge in [-0.1, -0.05) is 0 Å². The zero-order chi connectivity index (χ0) is 12.1. The lowest BCUT2D eigenvalue weighted by Crippen LogP contribution is -2.33. The van der Waals surface area contributed by atoms with Crippen LogP contribution in [-0.2, 0) is 0 Å². The van der Waals surface area contributed by atoms with E-state index >= 15 is 0 Å². The summed E-state index contributed by atoms with van der Waals surface area (Å²) in [4.78, 5) is 12.5. The smallest absolute Gasteiger partial charge is 0.265 e. The number of hydrogen-bond donors (Lipinski definition) is 1. The molecule has 0 bridgehead atoms. The van der Waals surface area contributed by atoms with Gasteiger partial charge in [0.15, 0.2) is 0 Å². The summed E-state index contributed by atoms with van der Waals surface area (Å²) in [6, 6.07) is 1.85. The van der Waals surface area contributed by atoms with Crippen LogP contribution in [0.5, 0.6) is 5.75 Å². The first kappa shape index (κ1) is 13.3. The molecule has 1 aromatic heterocycles. The minimum atomic E-state index is -0.100. The summed E-state index contributed by atoms with van der Waals surface area (Å²) in [5, 5.41) is 4.79. The van der Waals surface area contributed by atoms with Crippen molar-refractivity contribution in [1.82, 2.24) is 5.32 Å². The van der Waals surface area contributed by atoms with Crippen molar-refractivity contribution >= 4 is 28.8 Å². The number of rotatable bonds is 5. The predicted molar refractivity (Wildman–Crippen MR) is 67.7 cm³/mol. The molecule has 1 aromatic rings. The Labute approximate surface area is 105 Å². The van der Waals surface area contributed by atoms with Crippen LogP contribution in [0.2, 0.25) is 0 Å². The fraction of sp³-hybridized carbons (Fsp3) is 0.545. The van der Waals surface area contributed by atoms with Crippen LogP contribution in [0.15, 0.2) is 11.4 Å². The van der Waals surface area contributed by atoms with Gasteiger partial charge < -0.3 is 10.1 Å². The standard InChI is InChI=1S/C11H16ClNO2S/c1-7(12)6-8(2)13-11(14)10-9(15-3)4-5-16-10/h4-5,7-8H,6H2,1-3H3,(H,13,14). The van der Waals surface area contributed by atoms with E-state index in [1.54, 1.807) is 13.2 Å². The Morgan fingerprint density at radius 2 is 2.31 bits per heavy atom. The summed E-state index contributed by atoms with van der Waals surface area (Å²) in [5.74, 6) is 0.519. The van der Waals surface area contributed by atoms with E-state index in [0.29, 0.717) is 10.6 Å². The van der Waals surface area contributed by atoms with Crippen molar-refractivity contribution in [1.29, 1.82) is 0 Å². The molecular weight excluding hydrogens is 246 g/mol. The lowest BCUT2D eigenvalue weighted by atomic mass is 10.2. The number of alkyl halides is 1. The molecule has 0 saturated heterocycles. The molecule has 1 N–H and O–H groups in total. The number of hydrogen-bond acceptors (Lipinski definition) is 3. The zero-order valence-corrected chi connectivity index (χ0v) is 11.2. The number of amides is 1. The lowest BCUT2D eigenvalue weighted by Gasteiger charge is -2.14. The van der Waals surface area contributed by atoms with Crippen LogP contribution in [0.25, 0.3) is 0 Å². The molecule has 0 aromatic carbocycles. The molecule has 0 aliphatic heterocycles. The second kappa shape index (κ2) is 6.11. The number of carbonyl (C=O) groups excluding carboxylic acids is 1. The van der Waals surface area contributed by atoms with E-state index in [1.165, 1.54) is 11.3 Å². The second-order valence-corrected chi connectivity index (χ2v) is 5.37. The Balaban J connectivity index is 2.58. The third-order valence-electron chi connectivity index (χ3n) is 2.11. The molecule has 5 heteroatoms. The van der Waals surface area contributed by atoms with E-state index in [1.807, 2.05) is 19.2 Å². The van der Waals surface area contributed by atoms with Crippen molar-refractivity contribution < 1.29 is 9.53 Å². The average molecular weight is 262 g/mol. The van der Waals surface area contributed by atoms with E-state index in [-0.39, 0.29) is 17.3 Å². The van der Waals surface area contributed by atoms with Gasteiger partial charge in [0.05, 0.1) is 7.11 Å². The van der Waals surface area contributed by atoms with E-state index in [9.17, 15) is 4.79 Å². The molecule has 90 valence electrons. The van der Waals surface area contributed by atoms with Crippen molar-refractivity contribution in [2.75, 3.05) is 7.11 Å². The minimum absolute atomic E-state index is 0.0560. The van der Waals surface area contributed by atoms with Gasteiger partial charge >= 0.3 is 0 Å². The van der Waals surface area contributed by atoms with Gasteiger partial charge in [0.25, 0.3) is 5.91 Å². The highest BCUT2D eigenvalue weighted by Gasteiger charge is 2.16. The highest BCUT2D eigenvalue weighted by molar-refractivity contribution is 7.12. The number of carbonyl (C=O) groups is 1. The maximum atomic E-state index is 11.9. The normalized spacial score (nSPS) is 14.2. The molecule has 0 fully saturated rings. The van der Waals surface area contributed by atoms with Gasteiger partial charge in [-0.25, -0.2) is 0 Å². The summed E-state index contributed by atoms with van der Waals surface area (Å²) < 4.78 is 5.09. The van der Waals surface area contributed by atoms with Crippen molar-refractivity contribution in [3.05, 3.63) is 16.3 Å². The molecule has 1 heterocycles. The molecule has 3 nitrogen and oxygen atoms in total. The summed E-state index contributed by atoms with van der Waals surface area (Å²) in [6.07, 6.45) is 0.751. The maximum absolute atomic E-state index is 11.9. The molecular formula is C11H16ClNO2S. The van der Waals surface area contributed by atoms with E-state index < -0.39 is 0 Å². The summed E-state index contributed by atoms with van der Waals surface area (Å²) >= 11 is 7.24. The molecule has 0 radical (unpaired) electrons. The van der Waals surface area contributed by atoms with Gasteiger partial charge in [0, 0.05) is 11.4 Å². The monoisotopic (exact) mass is 261 g/mol. The van der Waals surface area contributed by atoms with Crippen LogP contribution in [0.1, 0.15) is 29.9 Å². The van der Waals surface area contributed by atoms with Crippen LogP contribution in [0.3, 0.4) is 0 Å². The zero-order valence-electron chi connectivity index (χ0n) is 9.62. The predicted octanol–water partition coefficient (Wildman–Crippen LogP) is 2.89. The average Bonchev–Trinajstić information content (AvgIpc) is 2.63. The summed E-state index contributed by atoms with van der Waals surface area (Å²) in [5.41, 5.74) is 0. The lowest BCUT2D eigenvalue weighted by molar-refractivity contribution is 0.0940. The first-order chi connectivity index (χ1) is 7.54. The third kappa shape index (κ3) is 3.68. The highest BCUT2D eigenvalue weighted by atomic mass is 35.5. The number of methoxy groups -OCH3 is 1. The van der Waals surface area contributed by atoms with Crippen LogP contribution < -0.4 is 10.1 Å². The molecule has 2 atom stereocenters. The molecule has 1 rings (SSSR count). The van der Waals surface area contributed by atoms with Gasteiger partial charge in [0.2, 0.25) is 0 Å². The van der Waals surface area contributed by atoms with Gasteiger partial charge in [-0.3, -0.25) is 4.79 Å². The molecule has 16 heavy (non-hydrogen) atoms. The Kier molecular flexibility index (Phi) is 5.09. The first-order valence-corrected chi connectivity index (χ1v) is 6.42. The maximum Gasteiger partial charge on any atom is 0.265 e. The van der Waals surface area contributed by atoms with Crippen LogP contribution >= 0.6 is 22.9 Å². The van der Waals surface area contributed by atoms with Crippen molar-refractivity contribution in [2.24, 2.45) is 0 Å². The van der Waals surface area contributed by atoms with Gasteiger partial charge in [-0.05, 0) is 31.7 Å². The number of ether oxygens (including phenoxy) is 1. The Morgan fingerprint density at radius 3 is 2.88 bits per heavy atom. The van der Waals surface area contributed by atoms with Crippen LogP contribution in [0, 0.1) is 0 Å². The topological polar surface area (TPSA) is 38.3 Å². The van der Waals surface area contributed by atoms with E-state index in [0.717, 1.165) is 6.42 Å². The Bertz CT molecular complexity index is 352. The van der Waals surface area contributed by atoms with Crippen molar-refractivity contribution in [3.8, 4) is 5.75 Å². The Morgan fingerprint density at radius 1 is 1.62 bits per heavy atom. The quantitative estimate of drug-likeness (QED) is 0.828. The Hall–Kier alpha value is -0.740. The fourth-order valence-electron chi connectivity index (χ4n) is 1.46. The number of nitrogens with one attached hydrogen (secondary N) is 1. The summed E-state index contributed by atoms with van der Waals surface area (Å²) in [6.45, 7) is 3.85. The molecule has 0 aliphatic carbocycles. The van der Waals surface area contributed by atoms with Crippen LogP contribution in [-0.4, -0.2) is 24.4 Å². The number of halogens is 1. The first-order valence-electron chi connectivity index (χ1n) is 5.11. The van der Waals surface area contributed by atoms with Gasteiger partial charge in [-0.15, -0.1) is 22.9 Å².